The maximum atomic E-state index is 11.0. The Labute approximate surface area is 750 Å². The Kier molecular flexibility index (Phi) is 16.2. The molecular weight excluding hydrogens is 1620 g/mol. The molecule has 0 radical (unpaired) electrons. The molecule has 10 aromatic heterocycles. The first-order valence-electron chi connectivity index (χ1n) is 43.8. The van der Waals surface area contributed by atoms with Crippen LogP contribution in [0.4, 0.5) is 0 Å². The summed E-state index contributed by atoms with van der Waals surface area (Å²) >= 11 is 0. The monoisotopic (exact) mass is 1690 g/mol. The minimum Gasteiger partial charge on any atom is -0.456 e. The van der Waals surface area contributed by atoms with Crippen LogP contribution in [0.5, 0.6) is 0 Å². The fourth-order valence-corrected chi connectivity index (χ4v) is 20.6. The van der Waals surface area contributed by atoms with E-state index in [1.165, 1.54) is 10.8 Å². The van der Waals surface area contributed by atoms with Crippen molar-refractivity contribution in [2.24, 2.45) is 0 Å². The Morgan fingerprint density at radius 3 is 0.879 bits per heavy atom. The standard InChI is InChI=1S/2C58H33N7O/c59-34-37-31-36(57-60-56(35-15-3-1-4-16-35)61-58(62-57)65-47-24-12-7-19-39(47)40-20-8-13-25-48(40)65)27-28-45(37)64-49-26-14-10-22-42(49)54-50(64)29-30-52-55(54)44-32-51-43(33-53(44)66-52)41-21-9-11-23-46(41)63(51)38-17-5-2-6-18-38;59-34-37-31-36(57-60-56(35-15-3-1-4-16-35)61-58(62-57)65-47-24-12-7-19-39(47)40-20-8-13-25-48(40)65)27-28-45(37)64-49-26-14-10-22-42(49)54-50(64)29-30-52-55(54)44-32-43-41-21-9-11-23-46(41)63(38-17-5-2-6-18-38)51(43)33-53(44)66-52/h2*1-33H. The first-order valence-corrected chi connectivity index (χ1v) is 43.8. The topological polar surface area (TPSA) is 181 Å². The van der Waals surface area contributed by atoms with Gasteiger partial charge in [0.2, 0.25) is 11.9 Å². The molecule has 16 nitrogen and oxygen atoms in total. The average Bonchev–Trinajstić information content (AvgIpc) is 1.54. The molecule has 0 aliphatic carbocycles. The van der Waals surface area contributed by atoms with E-state index < -0.39 is 0 Å². The number of para-hydroxylation sites is 10. The Hall–Kier alpha value is -18.6. The van der Waals surface area contributed by atoms with Crippen molar-refractivity contribution >= 4 is 175 Å². The van der Waals surface area contributed by atoms with Crippen molar-refractivity contribution in [1.29, 1.82) is 10.5 Å². The van der Waals surface area contributed by atoms with E-state index in [1.54, 1.807) is 0 Å². The zero-order valence-electron chi connectivity index (χ0n) is 70.2. The van der Waals surface area contributed by atoms with Crippen molar-refractivity contribution < 1.29 is 8.83 Å². The van der Waals surface area contributed by atoms with Gasteiger partial charge in [0.15, 0.2) is 23.3 Å². The number of hydrogen-bond acceptors (Lipinski definition) is 10. The molecule has 10 heterocycles. The van der Waals surface area contributed by atoms with Gasteiger partial charge in [0.1, 0.15) is 34.5 Å². The molecule has 0 spiro atoms. The van der Waals surface area contributed by atoms with E-state index in [4.69, 9.17) is 38.7 Å². The second-order valence-corrected chi connectivity index (χ2v) is 33.4. The minimum absolute atomic E-state index is 0.469. The summed E-state index contributed by atoms with van der Waals surface area (Å²) in [6.07, 6.45) is 0. The third-order valence-electron chi connectivity index (χ3n) is 26.3. The van der Waals surface area contributed by atoms with Gasteiger partial charge in [-0.15, -0.1) is 0 Å². The normalized spacial score (nSPS) is 11.9. The summed E-state index contributed by atoms with van der Waals surface area (Å²) in [7, 11) is 0. The summed E-state index contributed by atoms with van der Waals surface area (Å²) in [6.45, 7) is 0. The number of nitrogens with zero attached hydrogens (tertiary/aromatic N) is 14. The van der Waals surface area contributed by atoms with Crippen LogP contribution < -0.4 is 0 Å². The summed E-state index contributed by atoms with van der Waals surface area (Å²) < 4.78 is 26.8. The van der Waals surface area contributed by atoms with Gasteiger partial charge in [0.05, 0.1) is 88.7 Å². The predicted octanol–water partition coefficient (Wildman–Crippen LogP) is 28.5. The summed E-state index contributed by atoms with van der Waals surface area (Å²) in [6, 6.07) is 143. The van der Waals surface area contributed by atoms with Gasteiger partial charge in [-0.05, 0) is 152 Å². The van der Waals surface area contributed by atoms with Gasteiger partial charge in [-0.3, -0.25) is 9.13 Å². The molecular formula is C116H66N14O2. The largest absolute Gasteiger partial charge is 0.456 e. The van der Waals surface area contributed by atoms with Crippen LogP contribution in [0.25, 0.3) is 255 Å². The molecule has 0 fully saturated rings. The molecule has 16 heteroatoms. The summed E-state index contributed by atoms with van der Waals surface area (Å²) in [5, 5.41) is 39.6. The molecule has 612 valence electrons. The van der Waals surface area contributed by atoms with Crippen molar-refractivity contribution in [3.05, 3.63) is 412 Å². The van der Waals surface area contributed by atoms with Crippen LogP contribution in [0.15, 0.2) is 409 Å². The van der Waals surface area contributed by atoms with Crippen molar-refractivity contribution in [2.75, 3.05) is 0 Å². The van der Waals surface area contributed by atoms with E-state index in [0.29, 0.717) is 57.4 Å². The first kappa shape index (κ1) is 73.7. The lowest BCUT2D eigenvalue weighted by Crippen LogP contribution is -2.06. The third-order valence-corrected chi connectivity index (χ3v) is 26.3. The van der Waals surface area contributed by atoms with Crippen molar-refractivity contribution in [2.45, 2.75) is 0 Å². The second-order valence-electron chi connectivity index (χ2n) is 33.4. The van der Waals surface area contributed by atoms with Gasteiger partial charge in [0.25, 0.3) is 0 Å². The van der Waals surface area contributed by atoms with E-state index in [1.807, 2.05) is 127 Å². The van der Waals surface area contributed by atoms with Gasteiger partial charge in [0, 0.05) is 126 Å². The molecule has 0 unspecified atom stereocenters. The van der Waals surface area contributed by atoms with E-state index >= 15 is 0 Å². The van der Waals surface area contributed by atoms with Crippen molar-refractivity contribution in [3.63, 3.8) is 0 Å². The second kappa shape index (κ2) is 29.0. The smallest absolute Gasteiger partial charge is 0.238 e. The maximum Gasteiger partial charge on any atom is 0.238 e. The van der Waals surface area contributed by atoms with Gasteiger partial charge < -0.3 is 27.1 Å². The number of nitriles is 2. The highest BCUT2D eigenvalue weighted by molar-refractivity contribution is 6.31. The molecule has 132 heavy (non-hydrogen) atoms. The maximum absolute atomic E-state index is 11.0. The van der Waals surface area contributed by atoms with Crippen LogP contribution in [0.1, 0.15) is 11.1 Å². The van der Waals surface area contributed by atoms with Crippen LogP contribution in [-0.4, -0.2) is 57.3 Å². The molecule has 28 aromatic rings. The number of benzene rings is 18. The SMILES string of the molecule is N#Cc1cc(-c2nc(-c3ccccc3)nc(-n3c4ccccc4c4ccccc43)n2)ccc1-n1c2ccccc2c2c3c(ccc21)oc1cc2c(cc13)c1ccccc1n2-c1ccccc1.N#Cc1cc(-c2nc(-c3ccccc3)nc(-n3c4ccccc4c4ccccc43)n2)ccc1-n1c2ccccc2c2c3c(ccc21)oc1cc2c4ccccc4n(-c4ccccc4)c2cc13. The lowest BCUT2D eigenvalue weighted by atomic mass is 10.0. The highest BCUT2D eigenvalue weighted by Gasteiger charge is 2.29. The van der Waals surface area contributed by atoms with Crippen molar-refractivity contribution in [3.8, 4) is 92.3 Å². The minimum atomic E-state index is 0.469. The Bertz CT molecular complexity index is 9730. The van der Waals surface area contributed by atoms with Gasteiger partial charge in [-0.2, -0.15) is 30.5 Å². The van der Waals surface area contributed by atoms with E-state index in [2.05, 4.69) is 313 Å². The number of aromatic nitrogens is 12. The molecule has 0 amide bonds. The molecule has 0 N–H and O–H groups in total. The van der Waals surface area contributed by atoms with Crippen LogP contribution in [-0.2, 0) is 0 Å². The van der Waals surface area contributed by atoms with Crippen LogP contribution >= 0.6 is 0 Å². The number of hydrogen-bond donors (Lipinski definition) is 0. The van der Waals surface area contributed by atoms with Crippen LogP contribution in [0.2, 0.25) is 0 Å². The van der Waals surface area contributed by atoms with Crippen LogP contribution in [0.3, 0.4) is 0 Å². The number of rotatable bonds is 10. The van der Waals surface area contributed by atoms with Crippen LogP contribution in [0, 0.1) is 22.7 Å². The number of furan rings is 2. The van der Waals surface area contributed by atoms with E-state index in [0.717, 1.165) is 198 Å². The third kappa shape index (κ3) is 11.1. The van der Waals surface area contributed by atoms with E-state index in [9.17, 15) is 10.5 Å². The quantitative estimate of drug-likeness (QED) is 0.128. The molecule has 0 aliphatic rings. The molecule has 0 saturated heterocycles. The van der Waals surface area contributed by atoms with Gasteiger partial charge in [-0.1, -0.05) is 243 Å². The average molecular weight is 1690 g/mol. The van der Waals surface area contributed by atoms with Crippen molar-refractivity contribution in [1.82, 2.24) is 57.3 Å². The van der Waals surface area contributed by atoms with Gasteiger partial charge in [-0.25, -0.2) is 9.97 Å². The highest BCUT2D eigenvalue weighted by atomic mass is 16.3. The van der Waals surface area contributed by atoms with Gasteiger partial charge >= 0.3 is 0 Å². The molecule has 0 saturated carbocycles. The Morgan fingerprint density at radius 1 is 0.189 bits per heavy atom. The van der Waals surface area contributed by atoms with E-state index in [-0.39, 0.29) is 0 Å². The number of fused-ring (bicyclic) bond motifs is 26. The molecule has 0 bridgehead atoms. The summed E-state index contributed by atoms with van der Waals surface area (Å²) in [4.78, 5) is 30.7. The summed E-state index contributed by atoms with van der Waals surface area (Å²) in [5.41, 5.74) is 23.5. The molecule has 18 aromatic carbocycles. The first-order chi connectivity index (χ1) is 65.4. The lowest BCUT2D eigenvalue weighted by Gasteiger charge is -2.13. The predicted molar refractivity (Wildman–Crippen MR) is 531 cm³/mol. The Morgan fingerprint density at radius 2 is 0.492 bits per heavy atom. The molecule has 28 rings (SSSR count). The Balaban J connectivity index is 0.000000135. The zero-order chi connectivity index (χ0) is 86.9. The zero-order valence-corrected chi connectivity index (χ0v) is 70.2. The molecule has 0 aliphatic heterocycles. The fourth-order valence-electron chi connectivity index (χ4n) is 20.6. The summed E-state index contributed by atoms with van der Waals surface area (Å²) in [5.74, 6) is 3.02. The highest BCUT2D eigenvalue weighted by Crippen LogP contribution is 2.49. The lowest BCUT2D eigenvalue weighted by molar-refractivity contribution is 0.669. The molecule has 0 atom stereocenters. The fraction of sp³-hybridized carbons (Fsp3) is 0.